The number of hydrogen-bond acceptors (Lipinski definition) is 17. The number of Topliss-reactive ketones (excluding diaryl/α,β-unsaturated/α-hetero) is 1. The van der Waals surface area contributed by atoms with Crippen molar-refractivity contribution in [1.82, 2.24) is 40.0 Å². The third kappa shape index (κ3) is 10.9. The van der Waals surface area contributed by atoms with Crippen LogP contribution in [0.1, 0.15) is 88.1 Å². The van der Waals surface area contributed by atoms with Gasteiger partial charge in [0, 0.05) is 69.0 Å². The van der Waals surface area contributed by atoms with E-state index in [1.807, 2.05) is 12.1 Å². The van der Waals surface area contributed by atoms with Gasteiger partial charge in [-0.1, -0.05) is 18.9 Å². The first-order chi connectivity index (χ1) is 33.0. The van der Waals surface area contributed by atoms with Crippen LogP contribution in [-0.4, -0.2) is 156 Å². The van der Waals surface area contributed by atoms with E-state index >= 15 is 0 Å². The van der Waals surface area contributed by atoms with Gasteiger partial charge < -0.3 is 35.1 Å². The van der Waals surface area contributed by atoms with Crippen molar-refractivity contribution in [2.45, 2.75) is 64.5 Å². The van der Waals surface area contributed by atoms with Crippen molar-refractivity contribution in [1.29, 1.82) is 0 Å². The molecule has 1 unspecified atom stereocenters. The molecule has 1 aromatic carbocycles. The first-order valence-electron chi connectivity index (χ1n) is 23.2. The maximum absolute atomic E-state index is 13.6. The molecule has 3 aromatic heterocycles. The van der Waals surface area contributed by atoms with Crippen LogP contribution in [-0.2, 0) is 28.6 Å². The molecule has 0 radical (unpaired) electrons. The SMILES string of the molecule is CC(=O)c1c(C)c2cnc(Nc3ccc(N4CCN(CC(=O)NCCOCCOCCOCCNc5cccc6c5C(=O)N(C5CCC(=O)NC5=O)C6=O)CC4)cn3)nc2n(C2CCCC2)c1=O. The molecule has 360 valence electrons. The minimum absolute atomic E-state index is 0.0107. The van der Waals surface area contributed by atoms with Crippen molar-refractivity contribution in [2.75, 3.05) is 101 Å². The van der Waals surface area contributed by atoms with Crippen molar-refractivity contribution in [3.63, 3.8) is 0 Å². The van der Waals surface area contributed by atoms with E-state index in [9.17, 15) is 33.6 Å². The fraction of sp³-hybridized carbons (Fsp3) is 0.489. The van der Waals surface area contributed by atoms with Crippen LogP contribution in [0.5, 0.6) is 0 Å². The van der Waals surface area contributed by atoms with Crippen molar-refractivity contribution in [3.05, 3.63) is 75.3 Å². The van der Waals surface area contributed by atoms with Crippen molar-refractivity contribution in [3.8, 4) is 0 Å². The second kappa shape index (κ2) is 22.0. The fourth-order valence-corrected chi connectivity index (χ4v) is 9.22. The summed E-state index contributed by atoms with van der Waals surface area (Å²) >= 11 is 0. The number of rotatable bonds is 21. The molecular formula is C47H57N11O10. The van der Waals surface area contributed by atoms with Gasteiger partial charge in [-0.15, -0.1) is 0 Å². The lowest BCUT2D eigenvalue weighted by Crippen LogP contribution is -2.54. The number of benzene rings is 1. The number of ketones is 1. The molecule has 2 saturated heterocycles. The van der Waals surface area contributed by atoms with E-state index in [0.29, 0.717) is 99.9 Å². The van der Waals surface area contributed by atoms with Crippen LogP contribution in [0, 0.1) is 6.92 Å². The zero-order valence-electron chi connectivity index (χ0n) is 38.3. The molecule has 1 saturated carbocycles. The van der Waals surface area contributed by atoms with Gasteiger partial charge in [0.2, 0.25) is 23.7 Å². The highest BCUT2D eigenvalue weighted by Crippen LogP contribution is 2.34. The van der Waals surface area contributed by atoms with Crippen LogP contribution in [0.2, 0.25) is 0 Å². The maximum atomic E-state index is 13.6. The van der Waals surface area contributed by atoms with Crippen LogP contribution < -0.4 is 31.7 Å². The molecule has 4 aromatic rings. The molecule has 21 nitrogen and oxygen atoms in total. The van der Waals surface area contributed by atoms with Gasteiger partial charge in [0.1, 0.15) is 17.5 Å². The Morgan fingerprint density at radius 1 is 0.824 bits per heavy atom. The van der Waals surface area contributed by atoms with Gasteiger partial charge in [-0.05, 0) is 62.9 Å². The Balaban J connectivity index is 0.668. The topological polar surface area (TPSA) is 249 Å². The normalized spacial score (nSPS) is 17.8. The molecule has 0 spiro atoms. The lowest BCUT2D eigenvalue weighted by atomic mass is 10.0. The number of anilines is 4. The number of piperazine rings is 1. The number of carbonyl (C=O) groups excluding carboxylic acids is 6. The number of pyridine rings is 2. The van der Waals surface area contributed by atoms with E-state index < -0.39 is 29.7 Å². The first-order valence-corrected chi connectivity index (χ1v) is 23.2. The average molecular weight is 936 g/mol. The molecule has 0 bridgehead atoms. The molecule has 1 atom stereocenters. The quantitative estimate of drug-likeness (QED) is 0.0532. The highest BCUT2D eigenvalue weighted by atomic mass is 16.5. The number of ether oxygens (including phenoxy) is 3. The molecule has 5 amide bonds. The monoisotopic (exact) mass is 935 g/mol. The van der Waals surface area contributed by atoms with E-state index in [1.165, 1.54) is 6.92 Å². The van der Waals surface area contributed by atoms with Crippen LogP contribution in [0.3, 0.4) is 0 Å². The molecule has 4 N–H and O–H groups in total. The molecule has 4 aliphatic rings. The van der Waals surface area contributed by atoms with Crippen molar-refractivity contribution < 1.29 is 43.0 Å². The summed E-state index contributed by atoms with van der Waals surface area (Å²) in [7, 11) is 0. The van der Waals surface area contributed by atoms with Gasteiger partial charge in [0.25, 0.3) is 17.4 Å². The van der Waals surface area contributed by atoms with E-state index in [1.54, 1.807) is 42.1 Å². The Labute approximate surface area is 392 Å². The largest absolute Gasteiger partial charge is 0.382 e. The summed E-state index contributed by atoms with van der Waals surface area (Å²) in [6, 6.07) is 7.69. The Hall–Kier alpha value is -6.68. The molecule has 68 heavy (non-hydrogen) atoms. The average Bonchev–Trinajstić information content (AvgIpc) is 3.94. The zero-order valence-corrected chi connectivity index (χ0v) is 38.3. The summed E-state index contributed by atoms with van der Waals surface area (Å²) in [5.74, 6) is -1.68. The number of amides is 5. The molecule has 8 rings (SSSR count). The number of hydrogen-bond donors (Lipinski definition) is 4. The maximum Gasteiger partial charge on any atom is 0.264 e. The molecule has 3 aliphatic heterocycles. The van der Waals surface area contributed by atoms with E-state index in [4.69, 9.17) is 19.2 Å². The Morgan fingerprint density at radius 3 is 2.24 bits per heavy atom. The second-order valence-corrected chi connectivity index (χ2v) is 17.2. The highest BCUT2D eigenvalue weighted by Gasteiger charge is 2.45. The lowest BCUT2D eigenvalue weighted by Gasteiger charge is -2.35. The number of nitrogens with zero attached hydrogens (tertiary/aromatic N) is 7. The summed E-state index contributed by atoms with van der Waals surface area (Å²) in [6.45, 7) is 9.18. The third-order valence-corrected chi connectivity index (χ3v) is 12.7. The molecule has 6 heterocycles. The smallest absolute Gasteiger partial charge is 0.264 e. The number of imide groups is 2. The number of carbonyl (C=O) groups is 6. The summed E-state index contributed by atoms with van der Waals surface area (Å²) in [4.78, 5) is 108. The van der Waals surface area contributed by atoms with Gasteiger partial charge in [0.05, 0.1) is 74.8 Å². The Kier molecular flexibility index (Phi) is 15.4. The Morgan fingerprint density at radius 2 is 1.54 bits per heavy atom. The summed E-state index contributed by atoms with van der Waals surface area (Å²) in [5.41, 5.74) is 2.83. The number of aromatic nitrogens is 4. The van der Waals surface area contributed by atoms with Crippen LogP contribution in [0.25, 0.3) is 11.0 Å². The minimum Gasteiger partial charge on any atom is -0.382 e. The molecule has 1 aliphatic carbocycles. The van der Waals surface area contributed by atoms with Gasteiger partial charge >= 0.3 is 0 Å². The summed E-state index contributed by atoms with van der Waals surface area (Å²) in [6.07, 6.45) is 7.38. The number of fused-ring (bicyclic) bond motifs is 2. The summed E-state index contributed by atoms with van der Waals surface area (Å²) in [5, 5.41) is 12.1. The second-order valence-electron chi connectivity index (χ2n) is 17.2. The van der Waals surface area contributed by atoms with Crippen molar-refractivity contribution in [2.24, 2.45) is 0 Å². The van der Waals surface area contributed by atoms with Gasteiger partial charge in [-0.2, -0.15) is 4.98 Å². The van der Waals surface area contributed by atoms with Crippen LogP contribution >= 0.6 is 0 Å². The predicted octanol–water partition coefficient (Wildman–Crippen LogP) is 2.36. The highest BCUT2D eigenvalue weighted by molar-refractivity contribution is 6.25. The number of piperidine rings is 1. The van der Waals surface area contributed by atoms with Gasteiger partial charge in [0.15, 0.2) is 5.78 Å². The zero-order chi connectivity index (χ0) is 47.7. The first kappa shape index (κ1) is 47.8. The number of nitrogens with one attached hydrogen (secondary N) is 4. The standard InChI is InChI=1S/C47H57N11O10/c1-29-34-27-51-47(54-42(34)57(31-6-3-4-7-31)45(64)40(29)30(2)59)52-37-12-10-32(26-50-37)56-18-16-55(17-19-56)28-39(61)49-15-21-67-23-25-68-24-22-66-20-14-48-35-9-5-8-33-41(35)46(65)58(44(33)63)36-11-13-38(60)53-43(36)62/h5,8-10,12,26-27,31,36,48H,3-4,6-7,11,13-25,28H2,1-2H3,(H,49,61)(H,53,60,62)(H,50,51,52,54). The molecular weight excluding hydrogens is 879 g/mol. The Bertz CT molecular complexity index is 2610. The van der Waals surface area contributed by atoms with Crippen molar-refractivity contribution >= 4 is 69.5 Å². The lowest BCUT2D eigenvalue weighted by molar-refractivity contribution is -0.136. The third-order valence-electron chi connectivity index (χ3n) is 12.7. The van der Waals surface area contributed by atoms with Gasteiger partial charge in [-0.25, -0.2) is 9.97 Å². The van der Waals surface area contributed by atoms with Gasteiger partial charge in [-0.3, -0.25) is 53.2 Å². The molecule has 21 heteroatoms. The molecule has 3 fully saturated rings. The minimum atomic E-state index is -1.03. The predicted molar refractivity (Wildman–Crippen MR) is 249 cm³/mol. The van der Waals surface area contributed by atoms with Crippen LogP contribution in [0.4, 0.5) is 23.1 Å². The van der Waals surface area contributed by atoms with Crippen LogP contribution in [0.15, 0.2) is 47.5 Å². The fourth-order valence-electron chi connectivity index (χ4n) is 9.22. The number of aryl methyl sites for hydroxylation is 1. The summed E-state index contributed by atoms with van der Waals surface area (Å²) < 4.78 is 18.5. The van der Waals surface area contributed by atoms with E-state index in [2.05, 4.69) is 41.0 Å². The van der Waals surface area contributed by atoms with E-state index in [0.717, 1.165) is 49.4 Å². The van der Waals surface area contributed by atoms with E-state index in [-0.39, 0.29) is 59.4 Å².